The van der Waals surface area contributed by atoms with Crippen LogP contribution in [-0.4, -0.2) is 38.8 Å². The number of aliphatic hydroxyl groups is 1. The second-order valence-electron chi connectivity index (χ2n) is 5.73. The third-order valence-corrected chi connectivity index (χ3v) is 3.96. The number of hydrogen-bond donors (Lipinski definition) is 1. The van der Waals surface area contributed by atoms with Crippen molar-refractivity contribution in [3.8, 4) is 0 Å². The fourth-order valence-corrected chi connectivity index (χ4v) is 2.70. The Morgan fingerprint density at radius 1 is 1.44 bits per heavy atom. The molecule has 5 nitrogen and oxygen atoms in total. The Labute approximate surface area is 107 Å². The van der Waals surface area contributed by atoms with E-state index in [0.717, 1.165) is 38.2 Å². The summed E-state index contributed by atoms with van der Waals surface area (Å²) in [6.07, 6.45) is 5.51. The van der Waals surface area contributed by atoms with Crippen molar-refractivity contribution in [2.24, 2.45) is 5.92 Å². The van der Waals surface area contributed by atoms with Crippen LogP contribution in [0, 0.1) is 5.92 Å². The highest BCUT2D eigenvalue weighted by Gasteiger charge is 2.51. The average molecular weight is 251 g/mol. The number of rotatable bonds is 6. The normalized spacial score (nSPS) is 23.0. The molecule has 2 fully saturated rings. The van der Waals surface area contributed by atoms with Crippen LogP contribution >= 0.6 is 0 Å². The van der Waals surface area contributed by atoms with Gasteiger partial charge >= 0.3 is 0 Å². The first-order valence-corrected chi connectivity index (χ1v) is 6.96. The van der Waals surface area contributed by atoms with Crippen molar-refractivity contribution in [3.63, 3.8) is 0 Å². The number of nitrogens with zero attached hydrogens (tertiary/aromatic N) is 3. The summed E-state index contributed by atoms with van der Waals surface area (Å²) in [4.78, 5) is 6.55. The molecule has 1 saturated heterocycles. The van der Waals surface area contributed by atoms with Crippen LogP contribution < -0.4 is 0 Å². The van der Waals surface area contributed by atoms with E-state index in [9.17, 15) is 5.11 Å². The Bertz CT molecular complexity index is 408. The Balaban J connectivity index is 1.47. The maximum atomic E-state index is 10.2. The monoisotopic (exact) mass is 251 g/mol. The lowest BCUT2D eigenvalue weighted by Crippen LogP contribution is -2.62. The van der Waals surface area contributed by atoms with Gasteiger partial charge in [-0.2, -0.15) is 4.98 Å². The summed E-state index contributed by atoms with van der Waals surface area (Å²) in [6, 6.07) is 0. The van der Waals surface area contributed by atoms with Crippen molar-refractivity contribution in [2.75, 3.05) is 13.1 Å². The molecule has 0 atom stereocenters. The summed E-state index contributed by atoms with van der Waals surface area (Å²) in [6.45, 7) is 4.34. The van der Waals surface area contributed by atoms with E-state index in [1.165, 1.54) is 12.8 Å². The molecule has 0 spiro atoms. The quantitative estimate of drug-likeness (QED) is 0.827. The van der Waals surface area contributed by atoms with Gasteiger partial charge in [0.15, 0.2) is 5.82 Å². The van der Waals surface area contributed by atoms with Gasteiger partial charge in [0.05, 0.1) is 12.1 Å². The van der Waals surface area contributed by atoms with Crippen molar-refractivity contribution in [2.45, 2.75) is 51.2 Å². The molecule has 100 valence electrons. The molecule has 0 amide bonds. The van der Waals surface area contributed by atoms with Gasteiger partial charge in [-0.05, 0) is 25.2 Å². The van der Waals surface area contributed by atoms with Gasteiger partial charge < -0.3 is 9.63 Å². The molecule has 5 heteroatoms. The Kier molecular flexibility index (Phi) is 3.11. The predicted molar refractivity (Wildman–Crippen MR) is 65.9 cm³/mol. The van der Waals surface area contributed by atoms with Crippen LogP contribution in [0.5, 0.6) is 0 Å². The maximum absolute atomic E-state index is 10.2. The second-order valence-corrected chi connectivity index (χ2v) is 5.73. The van der Waals surface area contributed by atoms with Crippen LogP contribution in [0.15, 0.2) is 4.52 Å². The van der Waals surface area contributed by atoms with E-state index >= 15 is 0 Å². The van der Waals surface area contributed by atoms with E-state index in [2.05, 4.69) is 22.0 Å². The minimum absolute atomic E-state index is 0.426. The highest BCUT2D eigenvalue weighted by molar-refractivity contribution is 5.05. The van der Waals surface area contributed by atoms with E-state index in [4.69, 9.17) is 4.52 Å². The van der Waals surface area contributed by atoms with Gasteiger partial charge in [0, 0.05) is 19.5 Å². The zero-order chi connectivity index (χ0) is 12.6. The second kappa shape index (κ2) is 4.63. The van der Waals surface area contributed by atoms with Crippen LogP contribution in [0.3, 0.4) is 0 Å². The van der Waals surface area contributed by atoms with Crippen molar-refractivity contribution in [1.82, 2.24) is 15.0 Å². The molecular formula is C13H21N3O2. The molecule has 1 aromatic heterocycles. The van der Waals surface area contributed by atoms with Gasteiger partial charge in [0.1, 0.15) is 0 Å². The Morgan fingerprint density at radius 2 is 2.22 bits per heavy atom. The highest BCUT2D eigenvalue weighted by Crippen LogP contribution is 2.44. The first kappa shape index (κ1) is 12.1. The van der Waals surface area contributed by atoms with Crippen LogP contribution in [0.25, 0.3) is 0 Å². The number of aromatic nitrogens is 2. The minimum atomic E-state index is -0.426. The smallest absolute Gasteiger partial charge is 0.240 e. The zero-order valence-electron chi connectivity index (χ0n) is 10.9. The van der Waals surface area contributed by atoms with Crippen LogP contribution in [0.4, 0.5) is 0 Å². The average Bonchev–Trinajstić information content (AvgIpc) is 3.07. The molecule has 0 radical (unpaired) electrons. The lowest BCUT2D eigenvalue weighted by atomic mass is 9.89. The van der Waals surface area contributed by atoms with E-state index < -0.39 is 5.60 Å². The van der Waals surface area contributed by atoms with E-state index in [0.29, 0.717) is 18.4 Å². The number of unbranched alkanes of at least 4 members (excludes halogenated alkanes) is 1. The lowest BCUT2D eigenvalue weighted by Gasteiger charge is -2.46. The van der Waals surface area contributed by atoms with Crippen molar-refractivity contribution in [1.29, 1.82) is 0 Å². The standard InChI is InChI=1S/C13H21N3O2/c1-2-3-4-11-14-12(18-15-11)7-16-8-13(17,9-16)10-5-6-10/h10,17H,2-9H2,1H3. The maximum Gasteiger partial charge on any atom is 0.240 e. The fraction of sp³-hybridized carbons (Fsp3) is 0.846. The SMILES string of the molecule is CCCCc1noc(CN2CC(O)(C3CC3)C2)n1. The van der Waals surface area contributed by atoms with Gasteiger partial charge in [0.2, 0.25) is 5.89 Å². The fourth-order valence-electron chi connectivity index (χ4n) is 2.70. The van der Waals surface area contributed by atoms with Crippen LogP contribution in [-0.2, 0) is 13.0 Å². The zero-order valence-corrected chi connectivity index (χ0v) is 10.9. The molecule has 1 aliphatic carbocycles. The summed E-state index contributed by atoms with van der Waals surface area (Å²) in [5, 5.41) is 14.2. The molecule has 18 heavy (non-hydrogen) atoms. The van der Waals surface area contributed by atoms with Gasteiger partial charge in [-0.3, -0.25) is 4.90 Å². The Morgan fingerprint density at radius 3 is 2.89 bits per heavy atom. The molecule has 1 aromatic rings. The van der Waals surface area contributed by atoms with Gasteiger partial charge in [-0.1, -0.05) is 18.5 Å². The third-order valence-electron chi connectivity index (χ3n) is 3.96. The third kappa shape index (κ3) is 2.42. The molecule has 2 heterocycles. The minimum Gasteiger partial charge on any atom is -0.387 e. The summed E-state index contributed by atoms with van der Waals surface area (Å²) in [5.41, 5.74) is -0.426. The topological polar surface area (TPSA) is 62.4 Å². The van der Waals surface area contributed by atoms with Crippen LogP contribution in [0.1, 0.15) is 44.3 Å². The molecule has 1 aliphatic heterocycles. The van der Waals surface area contributed by atoms with E-state index in [1.807, 2.05) is 0 Å². The van der Waals surface area contributed by atoms with Crippen molar-refractivity contribution < 1.29 is 9.63 Å². The summed E-state index contributed by atoms with van der Waals surface area (Å²) >= 11 is 0. The van der Waals surface area contributed by atoms with Gasteiger partial charge in [-0.15, -0.1) is 0 Å². The molecule has 0 aromatic carbocycles. The van der Waals surface area contributed by atoms with Crippen molar-refractivity contribution in [3.05, 3.63) is 11.7 Å². The van der Waals surface area contributed by atoms with E-state index in [-0.39, 0.29) is 0 Å². The Hall–Kier alpha value is -0.940. The van der Waals surface area contributed by atoms with Crippen molar-refractivity contribution >= 4 is 0 Å². The summed E-state index contributed by atoms with van der Waals surface area (Å²) in [5.74, 6) is 2.03. The molecule has 0 unspecified atom stereocenters. The summed E-state index contributed by atoms with van der Waals surface area (Å²) < 4.78 is 5.23. The van der Waals surface area contributed by atoms with Gasteiger partial charge in [-0.25, -0.2) is 0 Å². The van der Waals surface area contributed by atoms with Crippen LogP contribution in [0.2, 0.25) is 0 Å². The lowest BCUT2D eigenvalue weighted by molar-refractivity contribution is -0.119. The largest absolute Gasteiger partial charge is 0.387 e. The molecule has 3 rings (SSSR count). The number of aryl methyl sites for hydroxylation is 1. The first-order valence-electron chi connectivity index (χ1n) is 6.96. The number of hydrogen-bond acceptors (Lipinski definition) is 5. The predicted octanol–water partition coefficient (Wildman–Crippen LogP) is 1.37. The number of β-amino-alcohol motifs (C(OH)–C–C–N with tert-alkyl or cyclic N) is 1. The molecular weight excluding hydrogens is 230 g/mol. The first-order chi connectivity index (χ1) is 8.69. The highest BCUT2D eigenvalue weighted by atomic mass is 16.5. The molecule has 0 bridgehead atoms. The van der Waals surface area contributed by atoms with E-state index in [1.54, 1.807) is 0 Å². The molecule has 1 N–H and O–H groups in total. The number of likely N-dealkylation sites (tertiary alicyclic amines) is 1. The molecule has 1 saturated carbocycles. The molecule has 2 aliphatic rings. The van der Waals surface area contributed by atoms with Gasteiger partial charge in [0.25, 0.3) is 0 Å². The summed E-state index contributed by atoms with van der Waals surface area (Å²) in [7, 11) is 0.